The number of halogens is 1. The minimum Gasteiger partial charge on any atom is -0.489 e. The van der Waals surface area contributed by atoms with Gasteiger partial charge in [-0.2, -0.15) is 0 Å². The normalized spacial score (nSPS) is 15.1. The van der Waals surface area contributed by atoms with Crippen LogP contribution in [-0.2, 0) is 16.2 Å². The molecular weight excluding hydrogens is 440 g/mol. The number of rotatable bonds is 5. The van der Waals surface area contributed by atoms with Crippen LogP contribution in [0.5, 0.6) is 5.75 Å². The smallest absolute Gasteiger partial charge is 0.335 e. The lowest BCUT2D eigenvalue weighted by Crippen LogP contribution is -2.54. The van der Waals surface area contributed by atoms with Gasteiger partial charge in [0.05, 0.1) is 5.69 Å². The molecule has 6 nitrogen and oxygen atoms in total. The molecule has 4 amide bonds. The van der Waals surface area contributed by atoms with Gasteiger partial charge in [-0.05, 0) is 60.9 Å². The van der Waals surface area contributed by atoms with E-state index in [1.165, 1.54) is 6.08 Å². The van der Waals surface area contributed by atoms with Crippen molar-refractivity contribution in [2.45, 2.75) is 20.5 Å². The number of benzene rings is 3. The molecule has 3 aromatic carbocycles. The van der Waals surface area contributed by atoms with Crippen LogP contribution in [0.2, 0.25) is 5.02 Å². The Morgan fingerprint density at radius 1 is 0.939 bits per heavy atom. The molecule has 0 aromatic heterocycles. The number of anilines is 1. The summed E-state index contributed by atoms with van der Waals surface area (Å²) in [5.74, 6) is -0.786. The quantitative estimate of drug-likeness (QED) is 0.419. The predicted octanol–water partition coefficient (Wildman–Crippen LogP) is 5.20. The maximum Gasteiger partial charge on any atom is 0.335 e. The zero-order chi connectivity index (χ0) is 23.5. The van der Waals surface area contributed by atoms with Gasteiger partial charge in [0.15, 0.2) is 0 Å². The topological polar surface area (TPSA) is 75.7 Å². The summed E-state index contributed by atoms with van der Waals surface area (Å²) in [5.41, 5.74) is 3.52. The van der Waals surface area contributed by atoms with Crippen molar-refractivity contribution in [1.82, 2.24) is 5.32 Å². The summed E-state index contributed by atoms with van der Waals surface area (Å²) in [6.45, 7) is 4.03. The fourth-order valence-electron chi connectivity index (χ4n) is 3.46. The van der Waals surface area contributed by atoms with E-state index in [1.54, 1.807) is 42.5 Å². The highest BCUT2D eigenvalue weighted by Crippen LogP contribution is 2.27. The zero-order valence-electron chi connectivity index (χ0n) is 18.1. The van der Waals surface area contributed by atoms with E-state index >= 15 is 0 Å². The number of aryl methyl sites for hydroxylation is 1. The summed E-state index contributed by atoms with van der Waals surface area (Å²) in [7, 11) is 0. The molecule has 0 bridgehead atoms. The number of imide groups is 2. The van der Waals surface area contributed by atoms with E-state index in [9.17, 15) is 14.4 Å². The molecule has 1 N–H and O–H groups in total. The lowest BCUT2D eigenvalue weighted by Gasteiger charge is -2.28. The number of hydrogen-bond acceptors (Lipinski definition) is 4. The Bertz CT molecular complexity index is 1280. The summed E-state index contributed by atoms with van der Waals surface area (Å²) in [6.07, 6.45) is 1.46. The molecule has 0 unspecified atom stereocenters. The second-order valence-corrected chi connectivity index (χ2v) is 8.03. The zero-order valence-corrected chi connectivity index (χ0v) is 18.8. The number of hydrogen-bond donors (Lipinski definition) is 1. The Balaban J connectivity index is 1.55. The summed E-state index contributed by atoms with van der Waals surface area (Å²) in [4.78, 5) is 39.0. The van der Waals surface area contributed by atoms with Gasteiger partial charge in [-0.3, -0.25) is 14.9 Å². The number of nitrogens with one attached hydrogen (secondary N) is 1. The van der Waals surface area contributed by atoms with Crippen molar-refractivity contribution >= 4 is 41.2 Å². The van der Waals surface area contributed by atoms with E-state index in [0.717, 1.165) is 21.6 Å². The fraction of sp³-hybridized carbons (Fsp3) is 0.115. The van der Waals surface area contributed by atoms with Gasteiger partial charge in [-0.25, -0.2) is 9.69 Å². The molecule has 0 radical (unpaired) electrons. The van der Waals surface area contributed by atoms with E-state index in [2.05, 4.69) is 5.32 Å². The molecule has 4 rings (SSSR count). The summed E-state index contributed by atoms with van der Waals surface area (Å²) in [6, 6.07) is 18.9. The maximum absolute atomic E-state index is 13.1. The first kappa shape index (κ1) is 22.3. The SMILES string of the molecule is Cc1cccc(N2C(=O)NC(=O)/C(=C\c3ccc(OCc4ccccc4Cl)cc3)C2=O)c1C. The van der Waals surface area contributed by atoms with E-state index in [1.807, 2.05) is 38.1 Å². The first-order valence-corrected chi connectivity index (χ1v) is 10.7. The lowest BCUT2D eigenvalue weighted by molar-refractivity contribution is -0.122. The second-order valence-electron chi connectivity index (χ2n) is 7.63. The summed E-state index contributed by atoms with van der Waals surface area (Å²) < 4.78 is 5.77. The fourth-order valence-corrected chi connectivity index (χ4v) is 3.65. The Labute approximate surface area is 196 Å². The van der Waals surface area contributed by atoms with Crippen LogP contribution >= 0.6 is 11.6 Å². The minimum atomic E-state index is -0.765. The molecular formula is C26H21ClN2O4. The molecule has 0 saturated carbocycles. The molecule has 1 aliphatic heterocycles. The van der Waals surface area contributed by atoms with Gasteiger partial charge in [-0.1, -0.05) is 54.1 Å². The molecule has 0 aliphatic carbocycles. The number of carbonyl (C=O) groups is 3. The van der Waals surface area contributed by atoms with E-state index in [-0.39, 0.29) is 5.57 Å². The van der Waals surface area contributed by atoms with Crippen molar-refractivity contribution in [3.8, 4) is 5.75 Å². The van der Waals surface area contributed by atoms with E-state index in [4.69, 9.17) is 16.3 Å². The number of amides is 4. The van der Waals surface area contributed by atoms with Crippen molar-refractivity contribution in [1.29, 1.82) is 0 Å². The molecule has 0 atom stereocenters. The van der Waals surface area contributed by atoms with Gasteiger partial charge in [0.25, 0.3) is 11.8 Å². The highest BCUT2D eigenvalue weighted by molar-refractivity contribution is 6.39. The van der Waals surface area contributed by atoms with Crippen LogP contribution in [0.4, 0.5) is 10.5 Å². The van der Waals surface area contributed by atoms with Crippen LogP contribution in [-0.4, -0.2) is 17.8 Å². The van der Waals surface area contributed by atoms with Crippen LogP contribution < -0.4 is 15.0 Å². The highest BCUT2D eigenvalue weighted by atomic mass is 35.5. The molecule has 33 heavy (non-hydrogen) atoms. The molecule has 166 valence electrons. The van der Waals surface area contributed by atoms with Crippen molar-refractivity contribution in [2.24, 2.45) is 0 Å². The summed E-state index contributed by atoms with van der Waals surface area (Å²) in [5, 5.41) is 2.88. The molecule has 7 heteroatoms. The Hall–Kier alpha value is -3.90. The third-order valence-electron chi connectivity index (χ3n) is 5.46. The number of nitrogens with zero attached hydrogens (tertiary/aromatic N) is 1. The van der Waals surface area contributed by atoms with Crippen molar-refractivity contribution < 1.29 is 19.1 Å². The minimum absolute atomic E-state index is 0.125. The standard InChI is InChI=1S/C26H21ClN2O4/c1-16-6-5-9-23(17(16)2)29-25(31)21(24(30)28-26(29)32)14-18-10-12-20(13-11-18)33-15-19-7-3-4-8-22(19)27/h3-14H,15H2,1-2H3,(H,28,30,32)/b21-14+. The molecule has 1 saturated heterocycles. The molecule has 3 aromatic rings. The predicted molar refractivity (Wildman–Crippen MR) is 127 cm³/mol. The molecule has 1 fully saturated rings. The van der Waals surface area contributed by atoms with Crippen LogP contribution in [0.3, 0.4) is 0 Å². The van der Waals surface area contributed by atoms with Crippen molar-refractivity contribution in [3.63, 3.8) is 0 Å². The van der Waals surface area contributed by atoms with Crippen LogP contribution in [0, 0.1) is 13.8 Å². The van der Waals surface area contributed by atoms with Gasteiger partial charge in [0, 0.05) is 10.6 Å². The first-order valence-electron chi connectivity index (χ1n) is 10.3. The van der Waals surface area contributed by atoms with Crippen molar-refractivity contribution in [3.05, 3.63) is 99.6 Å². The van der Waals surface area contributed by atoms with Crippen LogP contribution in [0.25, 0.3) is 6.08 Å². The Morgan fingerprint density at radius 3 is 2.39 bits per heavy atom. The monoisotopic (exact) mass is 460 g/mol. The third-order valence-corrected chi connectivity index (χ3v) is 5.83. The Morgan fingerprint density at radius 2 is 1.67 bits per heavy atom. The number of urea groups is 1. The average molecular weight is 461 g/mol. The van der Waals surface area contributed by atoms with Gasteiger partial charge < -0.3 is 4.74 Å². The largest absolute Gasteiger partial charge is 0.489 e. The lowest BCUT2D eigenvalue weighted by atomic mass is 10.0. The van der Waals surface area contributed by atoms with E-state index < -0.39 is 17.8 Å². The van der Waals surface area contributed by atoms with Crippen LogP contribution in [0.15, 0.2) is 72.3 Å². The first-order chi connectivity index (χ1) is 15.8. The third kappa shape index (κ3) is 4.66. The summed E-state index contributed by atoms with van der Waals surface area (Å²) >= 11 is 6.15. The van der Waals surface area contributed by atoms with Crippen molar-refractivity contribution in [2.75, 3.05) is 4.90 Å². The van der Waals surface area contributed by atoms with Gasteiger partial charge in [-0.15, -0.1) is 0 Å². The van der Waals surface area contributed by atoms with Crippen LogP contribution in [0.1, 0.15) is 22.3 Å². The number of ether oxygens (including phenoxy) is 1. The molecule has 1 aliphatic rings. The molecule has 1 heterocycles. The second kappa shape index (κ2) is 9.30. The highest BCUT2D eigenvalue weighted by Gasteiger charge is 2.37. The number of barbiturate groups is 1. The average Bonchev–Trinajstić information content (AvgIpc) is 2.79. The number of carbonyl (C=O) groups excluding carboxylic acids is 3. The van der Waals surface area contributed by atoms with E-state index in [0.29, 0.717) is 28.6 Å². The Kier molecular flexibility index (Phi) is 6.29. The maximum atomic E-state index is 13.1. The van der Waals surface area contributed by atoms with Gasteiger partial charge in [0.2, 0.25) is 0 Å². The van der Waals surface area contributed by atoms with Gasteiger partial charge in [0.1, 0.15) is 17.9 Å². The van der Waals surface area contributed by atoms with Gasteiger partial charge >= 0.3 is 6.03 Å². The molecule has 0 spiro atoms.